The van der Waals surface area contributed by atoms with Gasteiger partial charge in [-0.15, -0.1) is 0 Å². The van der Waals surface area contributed by atoms with Gasteiger partial charge in [-0.3, -0.25) is 0 Å². The van der Waals surface area contributed by atoms with E-state index in [0.29, 0.717) is 5.92 Å². The first-order valence-electron chi connectivity index (χ1n) is 4.66. The number of hydrogen-bond acceptors (Lipinski definition) is 2. The van der Waals surface area contributed by atoms with Gasteiger partial charge in [0.05, 0.1) is 0 Å². The van der Waals surface area contributed by atoms with E-state index in [9.17, 15) is 0 Å². The summed E-state index contributed by atoms with van der Waals surface area (Å²) in [5.74, 6) is 0.691. The van der Waals surface area contributed by atoms with E-state index in [1.54, 1.807) is 0 Å². The molecular weight excluding hydrogens is 162 g/mol. The molecule has 0 saturated heterocycles. The smallest absolute Gasteiger partial charge is 0.113 e. The van der Waals surface area contributed by atoms with Gasteiger partial charge in [-0.2, -0.15) is 0 Å². The van der Waals surface area contributed by atoms with Crippen molar-refractivity contribution in [3.05, 3.63) is 29.8 Å². The molecule has 0 aliphatic carbocycles. The molecule has 0 aromatic heterocycles. The minimum Gasteiger partial charge on any atom is -0.377 e. The van der Waals surface area contributed by atoms with Crippen LogP contribution < -0.4 is 5.32 Å². The van der Waals surface area contributed by atoms with E-state index in [2.05, 4.69) is 31.3 Å². The molecule has 13 heavy (non-hydrogen) atoms. The van der Waals surface area contributed by atoms with Crippen molar-refractivity contribution in [2.75, 3.05) is 12.0 Å². The average Bonchev–Trinajstić information content (AvgIpc) is 2.08. The molecule has 1 aromatic rings. The number of nitrogens with one attached hydrogen (secondary N) is 1. The highest BCUT2D eigenvalue weighted by molar-refractivity contribution is 5.44. The van der Waals surface area contributed by atoms with Crippen LogP contribution in [0.4, 0.5) is 5.69 Å². The van der Waals surface area contributed by atoms with E-state index in [-0.39, 0.29) is 6.73 Å². The number of anilines is 1. The first kappa shape index (κ1) is 10.1. The predicted molar refractivity (Wildman–Crippen MR) is 55.7 cm³/mol. The molecule has 72 valence electrons. The van der Waals surface area contributed by atoms with Crippen molar-refractivity contribution >= 4 is 5.69 Å². The van der Waals surface area contributed by atoms with E-state index < -0.39 is 0 Å². The van der Waals surface area contributed by atoms with Crippen LogP contribution in [0.5, 0.6) is 0 Å². The number of hydrogen-bond donors (Lipinski definition) is 2. The van der Waals surface area contributed by atoms with Crippen LogP contribution in [0, 0.1) is 5.92 Å². The molecule has 1 aromatic carbocycles. The standard InChI is InChI=1S/C11H17NO/c1-9(2)7-10-3-5-11(6-4-10)12-8-13/h3-6,9,12-13H,7-8H2,1-2H3. The fourth-order valence-corrected chi connectivity index (χ4v) is 1.32. The van der Waals surface area contributed by atoms with Crippen LogP contribution in [0.3, 0.4) is 0 Å². The second-order valence-electron chi connectivity index (χ2n) is 3.63. The van der Waals surface area contributed by atoms with Crippen molar-refractivity contribution in [3.8, 4) is 0 Å². The highest BCUT2D eigenvalue weighted by Gasteiger charge is 1.97. The molecule has 0 aliphatic heterocycles. The molecule has 0 amide bonds. The van der Waals surface area contributed by atoms with Crippen molar-refractivity contribution in [1.82, 2.24) is 0 Å². The summed E-state index contributed by atoms with van der Waals surface area (Å²) in [6.45, 7) is 4.41. The first-order valence-corrected chi connectivity index (χ1v) is 4.66. The highest BCUT2D eigenvalue weighted by Crippen LogP contribution is 2.12. The Hall–Kier alpha value is -1.02. The Morgan fingerprint density at radius 2 is 1.85 bits per heavy atom. The maximum absolute atomic E-state index is 8.62. The minimum absolute atomic E-state index is 0.0104. The van der Waals surface area contributed by atoms with Gasteiger partial charge in [-0.25, -0.2) is 0 Å². The van der Waals surface area contributed by atoms with Gasteiger partial charge in [-0.05, 0) is 30.0 Å². The van der Waals surface area contributed by atoms with E-state index in [0.717, 1.165) is 12.1 Å². The molecule has 0 aliphatic rings. The second-order valence-corrected chi connectivity index (χ2v) is 3.63. The lowest BCUT2D eigenvalue weighted by Crippen LogP contribution is -1.99. The largest absolute Gasteiger partial charge is 0.377 e. The molecule has 0 radical (unpaired) electrons. The molecule has 2 nitrogen and oxygen atoms in total. The average molecular weight is 179 g/mol. The third-order valence-corrected chi connectivity index (χ3v) is 1.88. The summed E-state index contributed by atoms with van der Waals surface area (Å²) >= 11 is 0. The van der Waals surface area contributed by atoms with Gasteiger partial charge in [0.25, 0.3) is 0 Å². The van der Waals surface area contributed by atoms with Gasteiger partial charge < -0.3 is 10.4 Å². The third kappa shape index (κ3) is 3.47. The van der Waals surface area contributed by atoms with Gasteiger partial charge in [0, 0.05) is 5.69 Å². The number of aliphatic hydroxyl groups is 1. The summed E-state index contributed by atoms with van der Waals surface area (Å²) in [7, 11) is 0. The molecular formula is C11H17NO. The summed E-state index contributed by atoms with van der Waals surface area (Å²) in [6.07, 6.45) is 1.11. The van der Waals surface area contributed by atoms with Gasteiger partial charge in [0.15, 0.2) is 0 Å². The summed E-state index contributed by atoms with van der Waals surface area (Å²) in [4.78, 5) is 0. The zero-order valence-electron chi connectivity index (χ0n) is 8.25. The Morgan fingerprint density at radius 3 is 2.31 bits per heavy atom. The van der Waals surface area contributed by atoms with Crippen LogP contribution in [-0.4, -0.2) is 11.8 Å². The molecule has 0 bridgehead atoms. The lowest BCUT2D eigenvalue weighted by atomic mass is 10.0. The molecule has 0 atom stereocenters. The van der Waals surface area contributed by atoms with Crippen molar-refractivity contribution in [1.29, 1.82) is 0 Å². The SMILES string of the molecule is CC(C)Cc1ccc(NCO)cc1. The van der Waals surface area contributed by atoms with Gasteiger partial charge >= 0.3 is 0 Å². The summed E-state index contributed by atoms with van der Waals surface area (Å²) in [6, 6.07) is 8.18. The number of aliphatic hydroxyl groups excluding tert-OH is 1. The highest BCUT2D eigenvalue weighted by atomic mass is 16.3. The van der Waals surface area contributed by atoms with Crippen LogP contribution in [-0.2, 0) is 6.42 Å². The van der Waals surface area contributed by atoms with Crippen LogP contribution in [0.1, 0.15) is 19.4 Å². The molecule has 2 heteroatoms. The van der Waals surface area contributed by atoms with Crippen molar-refractivity contribution in [3.63, 3.8) is 0 Å². The lowest BCUT2D eigenvalue weighted by molar-refractivity contribution is 0.325. The molecule has 0 saturated carbocycles. The van der Waals surface area contributed by atoms with Crippen LogP contribution >= 0.6 is 0 Å². The fraction of sp³-hybridized carbons (Fsp3) is 0.455. The Bertz CT molecular complexity index is 241. The second kappa shape index (κ2) is 4.87. The summed E-state index contributed by atoms with van der Waals surface area (Å²) in [5, 5.41) is 11.5. The molecule has 0 unspecified atom stereocenters. The molecule has 1 rings (SSSR count). The van der Waals surface area contributed by atoms with Gasteiger partial charge in [0.2, 0.25) is 0 Å². The van der Waals surface area contributed by atoms with Crippen molar-refractivity contribution in [2.45, 2.75) is 20.3 Å². The maximum Gasteiger partial charge on any atom is 0.113 e. The zero-order chi connectivity index (χ0) is 9.68. The van der Waals surface area contributed by atoms with Crippen LogP contribution in [0.15, 0.2) is 24.3 Å². The molecule has 0 fully saturated rings. The van der Waals surface area contributed by atoms with E-state index in [1.165, 1.54) is 5.56 Å². The van der Waals surface area contributed by atoms with E-state index in [4.69, 9.17) is 5.11 Å². The van der Waals surface area contributed by atoms with Crippen molar-refractivity contribution in [2.24, 2.45) is 5.92 Å². The normalized spacial score (nSPS) is 10.5. The quantitative estimate of drug-likeness (QED) is 0.695. The first-order chi connectivity index (χ1) is 6.22. The predicted octanol–water partition coefficient (Wildman–Crippen LogP) is 2.25. The van der Waals surface area contributed by atoms with Crippen LogP contribution in [0.25, 0.3) is 0 Å². The Kier molecular flexibility index (Phi) is 3.77. The Labute approximate surface area is 79.6 Å². The number of benzene rings is 1. The van der Waals surface area contributed by atoms with Gasteiger partial charge in [-0.1, -0.05) is 26.0 Å². The van der Waals surface area contributed by atoms with Crippen molar-refractivity contribution < 1.29 is 5.11 Å². The molecule has 0 spiro atoms. The monoisotopic (exact) mass is 179 g/mol. The van der Waals surface area contributed by atoms with E-state index >= 15 is 0 Å². The third-order valence-electron chi connectivity index (χ3n) is 1.88. The molecule has 0 heterocycles. The fourth-order valence-electron chi connectivity index (χ4n) is 1.32. The Morgan fingerprint density at radius 1 is 1.23 bits per heavy atom. The maximum atomic E-state index is 8.62. The Balaban J connectivity index is 2.59. The van der Waals surface area contributed by atoms with E-state index in [1.807, 2.05) is 12.1 Å². The van der Waals surface area contributed by atoms with Crippen LogP contribution in [0.2, 0.25) is 0 Å². The topological polar surface area (TPSA) is 32.3 Å². The number of rotatable bonds is 4. The summed E-state index contributed by atoms with van der Waals surface area (Å²) in [5.41, 5.74) is 2.31. The lowest BCUT2D eigenvalue weighted by Gasteiger charge is -2.06. The zero-order valence-corrected chi connectivity index (χ0v) is 8.25. The molecule has 2 N–H and O–H groups in total. The minimum atomic E-state index is -0.0104. The summed E-state index contributed by atoms with van der Waals surface area (Å²) < 4.78 is 0. The van der Waals surface area contributed by atoms with Gasteiger partial charge in [0.1, 0.15) is 6.73 Å².